The molecule has 0 saturated heterocycles. The largest absolute Gasteiger partial charge is 0.485 e. The second-order valence-corrected chi connectivity index (χ2v) is 10.5. The number of rotatable bonds is 10. The van der Waals surface area contributed by atoms with Gasteiger partial charge in [-0.05, 0) is 50.8 Å². The lowest BCUT2D eigenvalue weighted by molar-refractivity contribution is -0.124. The number of hydrogen-bond acceptors (Lipinski definition) is 6. The number of nitrogens with one attached hydrogen (secondary N) is 2. The van der Waals surface area contributed by atoms with Crippen LogP contribution in [0, 0.1) is 5.82 Å². The van der Waals surface area contributed by atoms with Crippen LogP contribution in [0.4, 0.5) is 13.2 Å². The highest BCUT2D eigenvalue weighted by Gasteiger charge is 2.52. The number of amides is 2. The van der Waals surface area contributed by atoms with Crippen LogP contribution in [-0.4, -0.2) is 40.5 Å². The highest BCUT2D eigenvalue weighted by molar-refractivity contribution is 6.36. The number of carbonyl (C=O) groups is 2. The van der Waals surface area contributed by atoms with E-state index in [0.29, 0.717) is 24.5 Å². The third-order valence-electron chi connectivity index (χ3n) is 6.58. The molecule has 0 bridgehead atoms. The summed E-state index contributed by atoms with van der Waals surface area (Å²) >= 11 is 12.2. The van der Waals surface area contributed by atoms with Crippen LogP contribution in [0.3, 0.4) is 0 Å². The summed E-state index contributed by atoms with van der Waals surface area (Å²) in [5.74, 6) is -0.909. The van der Waals surface area contributed by atoms with Crippen LogP contribution >= 0.6 is 23.2 Å². The van der Waals surface area contributed by atoms with E-state index in [9.17, 15) is 18.4 Å². The van der Waals surface area contributed by atoms with Gasteiger partial charge in [0.25, 0.3) is 12.3 Å². The van der Waals surface area contributed by atoms with Crippen molar-refractivity contribution in [3.63, 3.8) is 0 Å². The molecular weight excluding hydrogens is 560 g/mol. The topological polar surface area (TPSA) is 106 Å². The first-order chi connectivity index (χ1) is 18.6. The minimum absolute atomic E-state index is 0.0190. The van der Waals surface area contributed by atoms with Crippen LogP contribution in [0.2, 0.25) is 10.0 Å². The van der Waals surface area contributed by atoms with Crippen LogP contribution in [0.15, 0.2) is 35.0 Å². The van der Waals surface area contributed by atoms with E-state index < -0.39 is 42.2 Å². The van der Waals surface area contributed by atoms with E-state index >= 15 is 4.39 Å². The lowest BCUT2D eigenvalue weighted by Crippen LogP contribution is -2.49. The number of hydrogen-bond donors (Lipinski definition) is 2. The fourth-order valence-electron chi connectivity index (χ4n) is 4.16. The highest BCUT2D eigenvalue weighted by Crippen LogP contribution is 2.41. The first-order valence-electron chi connectivity index (χ1n) is 12.2. The molecule has 2 amide bonds. The molecule has 1 aromatic carbocycles. The van der Waals surface area contributed by atoms with Crippen molar-refractivity contribution < 1.29 is 32.0 Å². The van der Waals surface area contributed by atoms with Gasteiger partial charge < -0.3 is 19.9 Å². The Morgan fingerprint density at radius 1 is 1.21 bits per heavy atom. The van der Waals surface area contributed by atoms with Gasteiger partial charge >= 0.3 is 0 Å². The SMILES string of the molecule is C[C@@H](NC(=O)C1(NC(=O)c2cc(C3CC3)on2)CC1)c1ncc(-c2cc(Cl)cc(Cl)c2OCC(F)F)cc1F. The zero-order chi connectivity index (χ0) is 27.9. The Morgan fingerprint density at radius 3 is 2.59 bits per heavy atom. The summed E-state index contributed by atoms with van der Waals surface area (Å²) < 4.78 is 51.0. The summed E-state index contributed by atoms with van der Waals surface area (Å²) in [6.07, 6.45) is 1.36. The standard InChI is InChI=1S/C26H23Cl2F3N4O4/c1-12(33-25(37)26(4-5-26)34-24(36)19-9-20(39-35-19)13-2-3-13)22-18(29)6-14(10-32-22)16-7-15(27)8-17(28)23(16)38-11-21(30)31/h6-10,12-13,21H,2-5,11H2,1H3,(H,33,37)(H,34,36)/t12-/m1/s1. The van der Waals surface area contributed by atoms with Gasteiger partial charge in [0.2, 0.25) is 5.91 Å². The summed E-state index contributed by atoms with van der Waals surface area (Å²) in [4.78, 5) is 29.8. The van der Waals surface area contributed by atoms with Crippen LogP contribution in [0.25, 0.3) is 11.1 Å². The summed E-state index contributed by atoms with van der Waals surface area (Å²) in [5, 5.41) is 9.39. The first kappa shape index (κ1) is 27.3. The number of benzene rings is 1. The van der Waals surface area contributed by atoms with Gasteiger partial charge in [-0.3, -0.25) is 14.6 Å². The Morgan fingerprint density at radius 2 is 1.95 bits per heavy atom. The Balaban J connectivity index is 1.28. The number of aromatic nitrogens is 2. The lowest BCUT2D eigenvalue weighted by atomic mass is 10.0. The van der Waals surface area contributed by atoms with Gasteiger partial charge in [-0.25, -0.2) is 13.2 Å². The average Bonchev–Trinajstić information content (AvgIpc) is 3.81. The average molecular weight is 583 g/mol. The third kappa shape index (κ3) is 5.99. The summed E-state index contributed by atoms with van der Waals surface area (Å²) in [5.41, 5.74) is -0.726. The van der Waals surface area contributed by atoms with E-state index in [2.05, 4.69) is 20.8 Å². The van der Waals surface area contributed by atoms with Crippen molar-refractivity contribution in [2.24, 2.45) is 0 Å². The van der Waals surface area contributed by atoms with Gasteiger partial charge in [0.15, 0.2) is 5.69 Å². The number of ether oxygens (including phenoxy) is 1. The van der Waals surface area contributed by atoms with Gasteiger partial charge in [0.1, 0.15) is 29.5 Å². The molecular formula is C26H23Cl2F3N4O4. The molecule has 0 spiro atoms. The molecule has 2 aromatic heterocycles. The van der Waals surface area contributed by atoms with Crippen LogP contribution in [0.5, 0.6) is 5.75 Å². The van der Waals surface area contributed by atoms with Crippen molar-refractivity contribution >= 4 is 35.0 Å². The van der Waals surface area contributed by atoms with E-state index in [1.165, 1.54) is 18.3 Å². The molecule has 2 N–H and O–H groups in total. The maximum absolute atomic E-state index is 15.2. The third-order valence-corrected chi connectivity index (χ3v) is 7.08. The number of pyridine rings is 1. The Bertz CT molecular complexity index is 1430. The van der Waals surface area contributed by atoms with E-state index in [0.717, 1.165) is 18.9 Å². The molecule has 206 valence electrons. The van der Waals surface area contributed by atoms with Crippen molar-refractivity contribution in [3.8, 4) is 16.9 Å². The molecule has 2 aliphatic carbocycles. The van der Waals surface area contributed by atoms with Crippen molar-refractivity contribution in [2.75, 3.05) is 6.61 Å². The second kappa shape index (κ2) is 10.7. The minimum atomic E-state index is -2.75. The van der Waals surface area contributed by atoms with Crippen molar-refractivity contribution in [1.82, 2.24) is 20.8 Å². The first-order valence-corrected chi connectivity index (χ1v) is 13.0. The fraction of sp³-hybridized carbons (Fsp3) is 0.385. The number of nitrogens with zero attached hydrogens (tertiary/aromatic N) is 2. The Hall–Kier alpha value is -3.31. The molecule has 1 atom stereocenters. The number of carbonyl (C=O) groups excluding carboxylic acids is 2. The molecule has 39 heavy (non-hydrogen) atoms. The van der Waals surface area contributed by atoms with Crippen LogP contribution in [-0.2, 0) is 4.79 Å². The predicted molar refractivity (Wildman–Crippen MR) is 136 cm³/mol. The van der Waals surface area contributed by atoms with Gasteiger partial charge in [-0.15, -0.1) is 0 Å². The van der Waals surface area contributed by atoms with Crippen molar-refractivity contribution in [2.45, 2.75) is 56.5 Å². The maximum Gasteiger partial charge on any atom is 0.274 e. The molecule has 2 fully saturated rings. The quantitative estimate of drug-likeness (QED) is 0.311. The monoisotopic (exact) mass is 582 g/mol. The van der Waals surface area contributed by atoms with Gasteiger partial charge in [0.05, 0.1) is 16.8 Å². The van der Waals surface area contributed by atoms with Gasteiger partial charge in [0, 0.05) is 34.3 Å². The maximum atomic E-state index is 15.2. The smallest absolute Gasteiger partial charge is 0.274 e. The van der Waals surface area contributed by atoms with Crippen molar-refractivity contribution in [3.05, 3.63) is 63.5 Å². The lowest BCUT2D eigenvalue weighted by Gasteiger charge is -2.21. The molecule has 8 nitrogen and oxygen atoms in total. The van der Waals surface area contributed by atoms with Crippen LogP contribution < -0.4 is 15.4 Å². The Labute approximate surface area is 231 Å². The molecule has 5 rings (SSSR count). The van der Waals surface area contributed by atoms with E-state index in [1.54, 1.807) is 13.0 Å². The number of halogens is 5. The normalized spacial score (nSPS) is 16.6. The van der Waals surface area contributed by atoms with E-state index in [-0.39, 0.29) is 38.3 Å². The molecule has 0 radical (unpaired) electrons. The van der Waals surface area contributed by atoms with E-state index in [1.807, 2.05) is 0 Å². The van der Waals surface area contributed by atoms with Gasteiger partial charge in [-0.1, -0.05) is 28.4 Å². The van der Waals surface area contributed by atoms with Crippen molar-refractivity contribution in [1.29, 1.82) is 0 Å². The summed E-state index contributed by atoms with van der Waals surface area (Å²) in [6, 6.07) is 4.58. The molecule has 13 heteroatoms. The van der Waals surface area contributed by atoms with Gasteiger partial charge in [-0.2, -0.15) is 0 Å². The number of alkyl halides is 2. The summed E-state index contributed by atoms with van der Waals surface area (Å²) in [6.45, 7) is 0.635. The molecule has 2 aliphatic rings. The molecule has 2 saturated carbocycles. The second-order valence-electron chi connectivity index (χ2n) is 9.68. The highest BCUT2D eigenvalue weighted by atomic mass is 35.5. The Kier molecular flexibility index (Phi) is 7.47. The predicted octanol–water partition coefficient (Wildman–Crippen LogP) is 5.84. The molecule has 3 aromatic rings. The zero-order valence-corrected chi connectivity index (χ0v) is 22.1. The van der Waals surface area contributed by atoms with E-state index in [4.69, 9.17) is 32.5 Å². The zero-order valence-electron chi connectivity index (χ0n) is 20.6. The fourth-order valence-corrected chi connectivity index (χ4v) is 4.71. The van der Waals surface area contributed by atoms with Crippen LogP contribution in [0.1, 0.15) is 66.5 Å². The minimum Gasteiger partial charge on any atom is -0.485 e. The molecule has 2 heterocycles. The summed E-state index contributed by atoms with van der Waals surface area (Å²) in [7, 11) is 0. The molecule has 0 aliphatic heterocycles. The molecule has 0 unspecified atom stereocenters.